The number of esters is 3. The zero-order valence-corrected chi connectivity index (χ0v) is 53.0. The zero-order chi connectivity index (χ0) is 58.5. The van der Waals surface area contributed by atoms with Gasteiger partial charge in [-0.25, -0.2) is 0 Å². The number of hydrogen-bond acceptors (Lipinski definition) is 6. The lowest BCUT2D eigenvalue weighted by atomic mass is 10.0. The molecule has 0 amide bonds. The fourth-order valence-corrected chi connectivity index (χ4v) is 9.37. The van der Waals surface area contributed by atoms with Crippen LogP contribution in [0.15, 0.2) is 122 Å². The molecule has 0 aromatic heterocycles. The van der Waals surface area contributed by atoms with E-state index in [2.05, 4.69) is 142 Å². The second kappa shape index (κ2) is 68.3. The highest BCUT2D eigenvalue weighted by Gasteiger charge is 2.19. The first-order valence-electron chi connectivity index (χ1n) is 34.0. The molecule has 1 atom stereocenters. The quantitative estimate of drug-likeness (QED) is 0.0261. The minimum absolute atomic E-state index is 0.0813. The predicted molar refractivity (Wildman–Crippen MR) is 353 cm³/mol. The lowest BCUT2D eigenvalue weighted by molar-refractivity contribution is -0.167. The maximum Gasteiger partial charge on any atom is 0.306 e. The minimum atomic E-state index is -0.783. The van der Waals surface area contributed by atoms with Gasteiger partial charge < -0.3 is 14.2 Å². The molecule has 81 heavy (non-hydrogen) atoms. The molecule has 0 bridgehead atoms. The second-order valence-electron chi connectivity index (χ2n) is 22.4. The highest BCUT2D eigenvalue weighted by molar-refractivity contribution is 5.71. The van der Waals surface area contributed by atoms with Gasteiger partial charge in [-0.1, -0.05) is 303 Å². The molecule has 0 N–H and O–H groups in total. The summed E-state index contributed by atoms with van der Waals surface area (Å²) in [6.07, 6.45) is 95.2. The number of allylic oxidation sites excluding steroid dienone is 20. The van der Waals surface area contributed by atoms with Gasteiger partial charge in [0.15, 0.2) is 6.10 Å². The van der Waals surface area contributed by atoms with Gasteiger partial charge in [-0.15, -0.1) is 0 Å². The maximum absolute atomic E-state index is 12.9. The molecule has 0 aliphatic rings. The third kappa shape index (κ3) is 66.5. The lowest BCUT2D eigenvalue weighted by Crippen LogP contribution is -2.30. The van der Waals surface area contributed by atoms with Crippen molar-refractivity contribution in [2.45, 2.75) is 322 Å². The number of ether oxygens (including phenoxy) is 3. The van der Waals surface area contributed by atoms with Crippen molar-refractivity contribution in [3.05, 3.63) is 122 Å². The third-order valence-corrected chi connectivity index (χ3v) is 14.5. The van der Waals surface area contributed by atoms with Crippen molar-refractivity contribution in [3.63, 3.8) is 0 Å². The second-order valence-corrected chi connectivity index (χ2v) is 22.4. The summed E-state index contributed by atoms with van der Waals surface area (Å²) in [4.78, 5) is 38.1. The van der Waals surface area contributed by atoms with Crippen LogP contribution in [0.5, 0.6) is 0 Å². The molecular formula is C75H126O6. The van der Waals surface area contributed by atoms with Gasteiger partial charge in [-0.3, -0.25) is 14.4 Å². The van der Waals surface area contributed by atoms with Crippen LogP contribution in [0, 0.1) is 0 Å². The lowest BCUT2D eigenvalue weighted by Gasteiger charge is -2.18. The summed E-state index contributed by atoms with van der Waals surface area (Å²) in [6.45, 7) is 6.48. The predicted octanol–water partition coefficient (Wildman–Crippen LogP) is 23.6. The Labute approximate surface area is 501 Å². The molecule has 0 aromatic carbocycles. The SMILES string of the molecule is CC/C=C\C/C=C\C/C=C\C/C=C\C/C=C\C/C=C\C/C=C\CCCCCCCCCCCCCC(=O)OCC(COC(=O)CCCCCCCCC)OC(=O)CCCCCCCCCC/C=C\C/C=C\C/C=C\CCCCCCC. The normalized spacial score (nSPS) is 12.9. The summed E-state index contributed by atoms with van der Waals surface area (Å²) in [5, 5.41) is 0. The van der Waals surface area contributed by atoms with E-state index in [-0.39, 0.29) is 31.1 Å². The average Bonchev–Trinajstić information content (AvgIpc) is 3.47. The van der Waals surface area contributed by atoms with Crippen LogP contribution in [-0.4, -0.2) is 37.2 Å². The highest BCUT2D eigenvalue weighted by atomic mass is 16.6. The monoisotopic (exact) mass is 1120 g/mol. The van der Waals surface area contributed by atoms with Crippen LogP contribution in [0.2, 0.25) is 0 Å². The van der Waals surface area contributed by atoms with Crippen molar-refractivity contribution in [2.75, 3.05) is 13.2 Å². The van der Waals surface area contributed by atoms with Gasteiger partial charge in [0.05, 0.1) is 0 Å². The zero-order valence-electron chi connectivity index (χ0n) is 53.0. The highest BCUT2D eigenvalue weighted by Crippen LogP contribution is 2.16. The van der Waals surface area contributed by atoms with Gasteiger partial charge >= 0.3 is 17.9 Å². The topological polar surface area (TPSA) is 78.9 Å². The molecule has 0 radical (unpaired) electrons. The van der Waals surface area contributed by atoms with Crippen LogP contribution in [0.25, 0.3) is 0 Å². The number of carbonyl (C=O) groups is 3. The Morgan fingerprint density at radius 2 is 0.481 bits per heavy atom. The molecule has 0 heterocycles. The Hall–Kier alpha value is -4.19. The Morgan fingerprint density at radius 3 is 0.753 bits per heavy atom. The van der Waals surface area contributed by atoms with E-state index in [1.54, 1.807) is 0 Å². The maximum atomic E-state index is 12.9. The molecule has 1 unspecified atom stereocenters. The first-order valence-corrected chi connectivity index (χ1v) is 34.0. The van der Waals surface area contributed by atoms with Crippen LogP contribution in [-0.2, 0) is 28.6 Å². The summed E-state index contributed by atoms with van der Waals surface area (Å²) in [6, 6.07) is 0. The minimum Gasteiger partial charge on any atom is -0.462 e. The number of rotatable bonds is 61. The van der Waals surface area contributed by atoms with Crippen LogP contribution in [0.4, 0.5) is 0 Å². The molecule has 6 heteroatoms. The average molecular weight is 1120 g/mol. The first-order chi connectivity index (χ1) is 40.0. The van der Waals surface area contributed by atoms with Gasteiger partial charge in [0.25, 0.3) is 0 Å². The van der Waals surface area contributed by atoms with E-state index < -0.39 is 6.10 Å². The van der Waals surface area contributed by atoms with Crippen LogP contribution in [0.3, 0.4) is 0 Å². The number of unbranched alkanes of at least 4 members (excludes halogenated alkanes) is 30. The van der Waals surface area contributed by atoms with Crippen molar-refractivity contribution in [2.24, 2.45) is 0 Å². The van der Waals surface area contributed by atoms with Gasteiger partial charge in [0, 0.05) is 19.3 Å². The van der Waals surface area contributed by atoms with Crippen LogP contribution < -0.4 is 0 Å². The van der Waals surface area contributed by atoms with Crippen LogP contribution in [0.1, 0.15) is 316 Å². The standard InChI is InChI=1S/C75H126O6/c1-4-7-10-13-16-18-20-22-24-26-28-30-32-33-34-35-36-37-38-39-40-41-43-44-46-48-50-52-54-56-59-62-65-68-74(77)80-71-72(70-79-73(76)67-64-61-58-15-12-9-6-3)81-75(78)69-66-63-60-57-55-53-51-49-47-45-42-31-29-27-25-23-21-19-17-14-11-8-5-2/h7,10,16,18,21-24,27-30,33-34,36-37,39-40,42,45,72H,4-6,8-9,11-15,17,19-20,25-26,31-32,35,38,41,43-44,46-71H2,1-3H3/b10-7-,18-16-,23-21-,24-22-,29-27-,30-28-,34-33-,37-36-,40-39-,45-42-. The van der Waals surface area contributed by atoms with E-state index in [9.17, 15) is 14.4 Å². The molecular weight excluding hydrogens is 997 g/mol. The molecule has 0 rings (SSSR count). The van der Waals surface area contributed by atoms with E-state index in [0.717, 1.165) is 122 Å². The fraction of sp³-hybridized carbons (Fsp3) is 0.693. The van der Waals surface area contributed by atoms with Gasteiger partial charge in [-0.2, -0.15) is 0 Å². The summed E-state index contributed by atoms with van der Waals surface area (Å²) in [5.41, 5.74) is 0. The fourth-order valence-electron chi connectivity index (χ4n) is 9.37. The molecule has 0 saturated carbocycles. The summed E-state index contributed by atoms with van der Waals surface area (Å²) in [5.74, 6) is -0.892. The Balaban J connectivity index is 4.13. The molecule has 0 aliphatic heterocycles. The van der Waals surface area contributed by atoms with Crippen molar-refractivity contribution in [1.82, 2.24) is 0 Å². The first kappa shape index (κ1) is 76.8. The molecule has 0 aromatic rings. The van der Waals surface area contributed by atoms with E-state index >= 15 is 0 Å². The van der Waals surface area contributed by atoms with Crippen molar-refractivity contribution >= 4 is 17.9 Å². The van der Waals surface area contributed by atoms with Crippen LogP contribution >= 0.6 is 0 Å². The largest absolute Gasteiger partial charge is 0.462 e. The molecule has 462 valence electrons. The summed E-state index contributed by atoms with van der Waals surface area (Å²) >= 11 is 0. The van der Waals surface area contributed by atoms with Crippen molar-refractivity contribution < 1.29 is 28.6 Å². The number of carbonyl (C=O) groups excluding carboxylic acids is 3. The van der Waals surface area contributed by atoms with Crippen molar-refractivity contribution in [3.8, 4) is 0 Å². The van der Waals surface area contributed by atoms with E-state index in [4.69, 9.17) is 14.2 Å². The van der Waals surface area contributed by atoms with Crippen molar-refractivity contribution in [1.29, 1.82) is 0 Å². The molecule has 0 spiro atoms. The summed E-state index contributed by atoms with van der Waals surface area (Å²) in [7, 11) is 0. The summed E-state index contributed by atoms with van der Waals surface area (Å²) < 4.78 is 16.9. The molecule has 6 nitrogen and oxygen atoms in total. The van der Waals surface area contributed by atoms with E-state index in [0.29, 0.717) is 19.3 Å². The smallest absolute Gasteiger partial charge is 0.306 e. The number of hydrogen-bond donors (Lipinski definition) is 0. The molecule has 0 saturated heterocycles. The third-order valence-electron chi connectivity index (χ3n) is 14.5. The van der Waals surface area contributed by atoms with Gasteiger partial charge in [0.2, 0.25) is 0 Å². The Bertz CT molecular complexity index is 1670. The van der Waals surface area contributed by atoms with Gasteiger partial charge in [-0.05, 0) is 116 Å². The molecule has 0 aliphatic carbocycles. The Morgan fingerprint density at radius 1 is 0.259 bits per heavy atom. The van der Waals surface area contributed by atoms with E-state index in [1.165, 1.54) is 154 Å². The van der Waals surface area contributed by atoms with E-state index in [1.807, 2.05) is 0 Å². The Kier molecular flexibility index (Phi) is 64.8. The molecule has 0 fully saturated rings. The van der Waals surface area contributed by atoms with Gasteiger partial charge in [0.1, 0.15) is 13.2 Å².